The van der Waals surface area contributed by atoms with Crippen molar-refractivity contribution in [3.63, 3.8) is 0 Å². The Morgan fingerprint density at radius 3 is 2.72 bits per heavy atom. The first kappa shape index (κ1) is 17.1. The zero-order valence-electron chi connectivity index (χ0n) is 14.6. The molecule has 1 aromatic carbocycles. The molecular formula is C19H23N3O3. The van der Waals surface area contributed by atoms with E-state index in [2.05, 4.69) is 29.0 Å². The number of amides is 1. The molecule has 0 bridgehead atoms. The zero-order chi connectivity index (χ0) is 17.6. The molecule has 132 valence electrons. The van der Waals surface area contributed by atoms with Gasteiger partial charge in [-0.25, -0.2) is 4.98 Å². The molecule has 0 fully saturated rings. The smallest absolute Gasteiger partial charge is 0.264 e. The molecule has 0 saturated carbocycles. The van der Waals surface area contributed by atoms with Crippen molar-refractivity contribution in [2.24, 2.45) is 0 Å². The number of anilines is 1. The van der Waals surface area contributed by atoms with Gasteiger partial charge in [0, 0.05) is 31.4 Å². The molecular weight excluding hydrogens is 318 g/mol. The van der Waals surface area contributed by atoms with Gasteiger partial charge in [0.25, 0.3) is 5.91 Å². The van der Waals surface area contributed by atoms with Crippen molar-refractivity contribution < 1.29 is 14.3 Å². The molecule has 1 aliphatic heterocycles. The van der Waals surface area contributed by atoms with Crippen LogP contribution in [0.3, 0.4) is 0 Å². The average Bonchev–Trinajstić information content (AvgIpc) is 2.67. The molecule has 6 heteroatoms. The second-order valence-corrected chi connectivity index (χ2v) is 5.74. The molecule has 1 aromatic heterocycles. The second kappa shape index (κ2) is 7.88. The Labute approximate surface area is 147 Å². The van der Waals surface area contributed by atoms with Gasteiger partial charge in [-0.05, 0) is 32.0 Å². The van der Waals surface area contributed by atoms with E-state index in [1.165, 1.54) is 0 Å². The summed E-state index contributed by atoms with van der Waals surface area (Å²) in [6.07, 6.45) is 1.12. The maximum Gasteiger partial charge on any atom is 0.264 e. The number of fused-ring (bicyclic) bond motifs is 1. The number of benzene rings is 1. The number of para-hydroxylation sites is 2. The van der Waals surface area contributed by atoms with Gasteiger partial charge in [-0.15, -0.1) is 0 Å². The maximum absolute atomic E-state index is 12.5. The Hall–Kier alpha value is -2.76. The summed E-state index contributed by atoms with van der Waals surface area (Å²) in [6, 6.07) is 11.2. The summed E-state index contributed by atoms with van der Waals surface area (Å²) in [5.74, 6) is 1.98. The van der Waals surface area contributed by atoms with Crippen molar-refractivity contribution >= 4 is 11.7 Å². The third-order valence-electron chi connectivity index (χ3n) is 4.18. The van der Waals surface area contributed by atoms with Crippen LogP contribution < -0.4 is 19.7 Å². The molecule has 2 aromatic rings. The van der Waals surface area contributed by atoms with Crippen molar-refractivity contribution in [3.8, 4) is 11.5 Å². The van der Waals surface area contributed by atoms with E-state index in [4.69, 9.17) is 9.47 Å². The van der Waals surface area contributed by atoms with Gasteiger partial charge in [-0.3, -0.25) is 4.79 Å². The van der Waals surface area contributed by atoms with Crippen LogP contribution in [0.4, 0.5) is 5.82 Å². The lowest BCUT2D eigenvalue weighted by Gasteiger charge is -2.26. The predicted molar refractivity (Wildman–Crippen MR) is 96.0 cm³/mol. The largest absolute Gasteiger partial charge is 0.485 e. The first-order chi connectivity index (χ1) is 12.2. The van der Waals surface area contributed by atoms with Crippen LogP contribution in [-0.4, -0.2) is 36.7 Å². The molecule has 1 atom stereocenters. The van der Waals surface area contributed by atoms with Gasteiger partial charge >= 0.3 is 0 Å². The monoisotopic (exact) mass is 341 g/mol. The summed E-state index contributed by atoms with van der Waals surface area (Å²) < 4.78 is 11.3. The van der Waals surface area contributed by atoms with Gasteiger partial charge < -0.3 is 19.7 Å². The molecule has 1 N–H and O–H groups in total. The Kier molecular flexibility index (Phi) is 5.38. The Morgan fingerprint density at radius 2 is 1.96 bits per heavy atom. The van der Waals surface area contributed by atoms with Crippen molar-refractivity contribution in [3.05, 3.63) is 48.2 Å². The lowest BCUT2D eigenvalue weighted by Crippen LogP contribution is -2.43. The van der Waals surface area contributed by atoms with Crippen LogP contribution in [0, 0.1) is 0 Å². The standard InChI is InChI=1S/C19H23N3O3/c1-3-22(4-2)18-14(8-7-11-20-18)12-21-19(23)17-13-24-15-9-5-6-10-16(15)25-17/h5-11,17H,3-4,12-13H2,1-2H3,(H,21,23)/t17-/m1/s1. The van der Waals surface area contributed by atoms with Crippen LogP contribution in [0.1, 0.15) is 19.4 Å². The van der Waals surface area contributed by atoms with E-state index in [1.54, 1.807) is 12.3 Å². The highest BCUT2D eigenvalue weighted by Gasteiger charge is 2.27. The number of nitrogens with one attached hydrogen (secondary N) is 1. The van der Waals surface area contributed by atoms with Gasteiger partial charge in [0.2, 0.25) is 6.10 Å². The number of hydrogen-bond donors (Lipinski definition) is 1. The Balaban J connectivity index is 1.64. The molecule has 0 radical (unpaired) electrons. The van der Waals surface area contributed by atoms with Gasteiger partial charge in [0.15, 0.2) is 11.5 Å². The lowest BCUT2D eigenvalue weighted by atomic mass is 10.2. The number of hydrogen-bond acceptors (Lipinski definition) is 5. The highest BCUT2D eigenvalue weighted by Crippen LogP contribution is 2.30. The van der Waals surface area contributed by atoms with Gasteiger partial charge in [0.05, 0.1) is 0 Å². The van der Waals surface area contributed by atoms with E-state index in [9.17, 15) is 4.79 Å². The molecule has 2 heterocycles. The summed E-state index contributed by atoms with van der Waals surface area (Å²) in [4.78, 5) is 19.1. The van der Waals surface area contributed by atoms with Crippen molar-refractivity contribution in [2.45, 2.75) is 26.5 Å². The van der Waals surface area contributed by atoms with Gasteiger partial charge in [-0.1, -0.05) is 18.2 Å². The third-order valence-corrected chi connectivity index (χ3v) is 4.18. The van der Waals surface area contributed by atoms with Crippen LogP contribution in [0.15, 0.2) is 42.6 Å². The van der Waals surface area contributed by atoms with E-state index in [-0.39, 0.29) is 12.5 Å². The normalized spacial score (nSPS) is 15.5. The summed E-state index contributed by atoms with van der Waals surface area (Å²) >= 11 is 0. The van der Waals surface area contributed by atoms with Crippen LogP contribution in [-0.2, 0) is 11.3 Å². The molecule has 1 aliphatic rings. The van der Waals surface area contributed by atoms with Crippen molar-refractivity contribution in [1.29, 1.82) is 0 Å². The van der Waals surface area contributed by atoms with Crippen LogP contribution in [0.25, 0.3) is 0 Å². The van der Waals surface area contributed by atoms with E-state index in [0.717, 1.165) is 24.5 Å². The first-order valence-electron chi connectivity index (χ1n) is 8.58. The van der Waals surface area contributed by atoms with Crippen molar-refractivity contribution in [2.75, 3.05) is 24.6 Å². The summed E-state index contributed by atoms with van der Waals surface area (Å²) in [6.45, 7) is 6.52. The molecule has 0 saturated heterocycles. The number of aromatic nitrogens is 1. The number of pyridine rings is 1. The SMILES string of the molecule is CCN(CC)c1ncccc1CNC(=O)[C@H]1COc2ccccc2O1. The topological polar surface area (TPSA) is 63.7 Å². The van der Waals surface area contributed by atoms with Crippen LogP contribution >= 0.6 is 0 Å². The number of ether oxygens (including phenoxy) is 2. The lowest BCUT2D eigenvalue weighted by molar-refractivity contribution is -0.130. The summed E-state index contributed by atoms with van der Waals surface area (Å²) in [7, 11) is 0. The quantitative estimate of drug-likeness (QED) is 0.874. The second-order valence-electron chi connectivity index (χ2n) is 5.74. The minimum Gasteiger partial charge on any atom is -0.485 e. The summed E-state index contributed by atoms with van der Waals surface area (Å²) in [5, 5.41) is 2.93. The van der Waals surface area contributed by atoms with E-state index in [0.29, 0.717) is 18.0 Å². The predicted octanol–water partition coefficient (Wildman–Crippen LogP) is 2.38. The Bertz CT molecular complexity index is 731. The fraction of sp³-hybridized carbons (Fsp3) is 0.368. The highest BCUT2D eigenvalue weighted by atomic mass is 16.6. The van der Waals surface area contributed by atoms with Gasteiger partial charge in [-0.2, -0.15) is 0 Å². The van der Waals surface area contributed by atoms with E-state index < -0.39 is 6.10 Å². The summed E-state index contributed by atoms with van der Waals surface area (Å²) in [5.41, 5.74) is 0.983. The molecule has 0 spiro atoms. The number of nitrogens with zero attached hydrogens (tertiary/aromatic N) is 2. The fourth-order valence-electron chi connectivity index (χ4n) is 2.82. The van der Waals surface area contributed by atoms with Crippen molar-refractivity contribution in [1.82, 2.24) is 10.3 Å². The fourth-order valence-corrected chi connectivity index (χ4v) is 2.82. The van der Waals surface area contributed by atoms with E-state index >= 15 is 0 Å². The number of rotatable bonds is 6. The molecule has 0 aliphatic carbocycles. The molecule has 1 amide bonds. The zero-order valence-corrected chi connectivity index (χ0v) is 14.6. The molecule has 0 unspecified atom stereocenters. The molecule has 3 rings (SSSR count). The minimum atomic E-state index is -0.650. The number of carbonyl (C=O) groups excluding carboxylic acids is 1. The maximum atomic E-state index is 12.5. The molecule has 25 heavy (non-hydrogen) atoms. The molecule has 6 nitrogen and oxygen atoms in total. The van der Waals surface area contributed by atoms with Gasteiger partial charge in [0.1, 0.15) is 12.4 Å². The Morgan fingerprint density at radius 1 is 1.20 bits per heavy atom. The first-order valence-corrected chi connectivity index (χ1v) is 8.58. The van der Waals surface area contributed by atoms with Crippen LogP contribution in [0.2, 0.25) is 0 Å². The third kappa shape index (κ3) is 3.84. The number of carbonyl (C=O) groups is 1. The highest BCUT2D eigenvalue weighted by molar-refractivity contribution is 5.81. The minimum absolute atomic E-state index is 0.191. The van der Waals surface area contributed by atoms with Crippen LogP contribution in [0.5, 0.6) is 11.5 Å². The van der Waals surface area contributed by atoms with E-state index in [1.807, 2.05) is 30.3 Å². The average molecular weight is 341 g/mol.